The number of amides is 2. The third-order valence-electron chi connectivity index (χ3n) is 3.91. The molecule has 2 aromatic heterocycles. The molecule has 0 aliphatic heterocycles. The van der Waals surface area contributed by atoms with Gasteiger partial charge in [-0.15, -0.1) is 11.3 Å². The molecule has 130 valence electrons. The van der Waals surface area contributed by atoms with E-state index < -0.39 is 5.60 Å². The summed E-state index contributed by atoms with van der Waals surface area (Å²) in [5.41, 5.74) is 2.47. The van der Waals surface area contributed by atoms with Gasteiger partial charge in [0.25, 0.3) is 0 Å². The first kappa shape index (κ1) is 17.7. The van der Waals surface area contributed by atoms with Gasteiger partial charge >= 0.3 is 6.03 Å². The second-order valence-corrected chi connectivity index (χ2v) is 7.76. The Morgan fingerprint density at radius 1 is 1.16 bits per heavy atom. The zero-order valence-corrected chi connectivity index (χ0v) is 15.7. The number of hydrogen-bond acceptors (Lipinski definition) is 4. The summed E-state index contributed by atoms with van der Waals surface area (Å²) in [5.74, 6) is 0. The monoisotopic (exact) mass is 372 g/mol. The Bertz CT molecular complexity index is 788. The number of carbonyl (C=O) groups excluding carboxylic acids is 1. The normalized spacial score (nSPS) is 13.2. The fourth-order valence-corrected chi connectivity index (χ4v) is 4.35. The van der Waals surface area contributed by atoms with Gasteiger partial charge in [-0.25, -0.2) is 4.79 Å². The summed E-state index contributed by atoms with van der Waals surface area (Å²) in [5, 5.41) is 22.6. The van der Waals surface area contributed by atoms with Crippen LogP contribution in [0.1, 0.15) is 21.6 Å². The van der Waals surface area contributed by atoms with Crippen LogP contribution in [-0.2, 0) is 5.60 Å². The Kier molecular flexibility index (Phi) is 5.22. The van der Waals surface area contributed by atoms with Gasteiger partial charge in [0.05, 0.1) is 6.54 Å². The van der Waals surface area contributed by atoms with E-state index in [0.717, 1.165) is 27.3 Å². The highest BCUT2D eigenvalue weighted by atomic mass is 32.1. The smallest absolute Gasteiger partial charge is 0.319 e. The Morgan fingerprint density at radius 3 is 2.52 bits per heavy atom. The molecule has 0 spiro atoms. The van der Waals surface area contributed by atoms with E-state index in [4.69, 9.17) is 0 Å². The molecule has 0 aliphatic carbocycles. The number of carbonyl (C=O) groups is 1. The Hall–Kier alpha value is -2.15. The summed E-state index contributed by atoms with van der Waals surface area (Å²) < 4.78 is 0. The second kappa shape index (κ2) is 7.39. The number of urea groups is 1. The highest BCUT2D eigenvalue weighted by Crippen LogP contribution is 2.33. The number of aliphatic hydroxyl groups is 1. The second-order valence-electron chi connectivity index (χ2n) is 6.03. The van der Waals surface area contributed by atoms with Crippen molar-refractivity contribution in [2.75, 3.05) is 11.9 Å². The molecule has 25 heavy (non-hydrogen) atoms. The molecule has 1 aromatic carbocycles. The van der Waals surface area contributed by atoms with Crippen LogP contribution in [0.4, 0.5) is 10.5 Å². The van der Waals surface area contributed by atoms with Crippen LogP contribution in [0.3, 0.4) is 0 Å². The van der Waals surface area contributed by atoms with Crippen LogP contribution < -0.4 is 10.6 Å². The number of anilines is 1. The van der Waals surface area contributed by atoms with Gasteiger partial charge in [-0.3, -0.25) is 0 Å². The maximum atomic E-state index is 12.3. The van der Waals surface area contributed by atoms with Crippen molar-refractivity contribution in [3.8, 4) is 0 Å². The molecule has 3 rings (SSSR count). The van der Waals surface area contributed by atoms with Gasteiger partial charge in [0.2, 0.25) is 0 Å². The van der Waals surface area contributed by atoms with Crippen molar-refractivity contribution in [3.63, 3.8) is 0 Å². The minimum atomic E-state index is -1.23. The highest BCUT2D eigenvalue weighted by Gasteiger charge is 2.33. The molecule has 1 unspecified atom stereocenters. The summed E-state index contributed by atoms with van der Waals surface area (Å²) in [6.45, 7) is 4.07. The predicted molar refractivity (Wildman–Crippen MR) is 105 cm³/mol. The fourth-order valence-electron chi connectivity index (χ4n) is 2.78. The molecule has 6 heteroatoms. The first-order valence-corrected chi connectivity index (χ1v) is 9.72. The van der Waals surface area contributed by atoms with E-state index in [1.807, 2.05) is 60.3 Å². The number of rotatable bonds is 5. The Balaban J connectivity index is 1.72. The predicted octanol–water partition coefficient (Wildman–Crippen LogP) is 4.48. The lowest BCUT2D eigenvalue weighted by atomic mass is 9.94. The third-order valence-corrected chi connectivity index (χ3v) is 5.62. The molecule has 2 heterocycles. The van der Waals surface area contributed by atoms with Crippen LogP contribution in [-0.4, -0.2) is 17.7 Å². The topological polar surface area (TPSA) is 61.4 Å². The van der Waals surface area contributed by atoms with E-state index >= 15 is 0 Å². The molecular weight excluding hydrogens is 352 g/mol. The first-order chi connectivity index (χ1) is 12.0. The number of thiophene rings is 2. The fraction of sp³-hybridized carbons (Fsp3) is 0.211. The van der Waals surface area contributed by atoms with Gasteiger partial charge < -0.3 is 15.7 Å². The van der Waals surface area contributed by atoms with Crippen LogP contribution >= 0.6 is 22.7 Å². The van der Waals surface area contributed by atoms with Crippen molar-refractivity contribution in [3.05, 3.63) is 74.1 Å². The van der Waals surface area contributed by atoms with Crippen LogP contribution in [0.25, 0.3) is 0 Å². The van der Waals surface area contributed by atoms with Crippen molar-refractivity contribution < 1.29 is 9.90 Å². The highest BCUT2D eigenvalue weighted by molar-refractivity contribution is 7.10. The van der Waals surface area contributed by atoms with Gasteiger partial charge in [0.1, 0.15) is 5.60 Å². The molecule has 4 nitrogen and oxygen atoms in total. The molecule has 0 fully saturated rings. The van der Waals surface area contributed by atoms with Gasteiger partial charge in [0.15, 0.2) is 0 Å². The molecule has 0 bridgehead atoms. The lowest BCUT2D eigenvalue weighted by Gasteiger charge is -2.27. The molecule has 0 radical (unpaired) electrons. The summed E-state index contributed by atoms with van der Waals surface area (Å²) in [6.07, 6.45) is 0. The molecule has 2 amide bonds. The zero-order valence-electron chi connectivity index (χ0n) is 14.1. The van der Waals surface area contributed by atoms with Crippen molar-refractivity contribution in [1.82, 2.24) is 5.32 Å². The summed E-state index contributed by atoms with van der Waals surface area (Å²) in [4.78, 5) is 13.1. The van der Waals surface area contributed by atoms with E-state index in [1.165, 1.54) is 22.7 Å². The van der Waals surface area contributed by atoms with Crippen LogP contribution in [0.2, 0.25) is 0 Å². The minimum Gasteiger partial charge on any atom is -0.378 e. The zero-order chi connectivity index (χ0) is 17.9. The standard InChI is InChI=1S/C19H20N2O2S2/c1-13-8-14(2)10-16(9-13)21-18(22)20-12-19(23,15-5-7-24-11-15)17-4-3-6-25-17/h3-11,23H,12H2,1-2H3,(H2,20,21,22). The Labute approximate surface area is 155 Å². The van der Waals surface area contributed by atoms with E-state index in [-0.39, 0.29) is 12.6 Å². The molecule has 1 atom stereocenters. The third kappa shape index (κ3) is 4.10. The lowest BCUT2D eigenvalue weighted by molar-refractivity contribution is 0.0871. The van der Waals surface area contributed by atoms with Gasteiger partial charge in [-0.1, -0.05) is 12.1 Å². The van der Waals surface area contributed by atoms with E-state index in [0.29, 0.717) is 0 Å². The largest absolute Gasteiger partial charge is 0.378 e. The molecule has 0 aliphatic rings. The minimum absolute atomic E-state index is 0.0981. The molecule has 0 saturated carbocycles. The first-order valence-electron chi connectivity index (χ1n) is 7.89. The van der Waals surface area contributed by atoms with Crippen molar-refractivity contribution in [1.29, 1.82) is 0 Å². The van der Waals surface area contributed by atoms with Crippen molar-refractivity contribution in [2.24, 2.45) is 0 Å². The average molecular weight is 373 g/mol. The van der Waals surface area contributed by atoms with Crippen LogP contribution in [0.5, 0.6) is 0 Å². The molecule has 3 aromatic rings. The van der Waals surface area contributed by atoms with Crippen LogP contribution in [0.15, 0.2) is 52.5 Å². The number of nitrogens with one attached hydrogen (secondary N) is 2. The molecular formula is C19H20N2O2S2. The summed E-state index contributed by atoms with van der Waals surface area (Å²) in [7, 11) is 0. The van der Waals surface area contributed by atoms with Gasteiger partial charge in [-0.2, -0.15) is 11.3 Å². The number of benzene rings is 1. The molecule has 3 N–H and O–H groups in total. The van der Waals surface area contributed by atoms with E-state index in [2.05, 4.69) is 16.7 Å². The number of aryl methyl sites for hydroxylation is 2. The van der Waals surface area contributed by atoms with E-state index in [1.54, 1.807) is 0 Å². The van der Waals surface area contributed by atoms with Crippen molar-refractivity contribution in [2.45, 2.75) is 19.4 Å². The lowest BCUT2D eigenvalue weighted by Crippen LogP contribution is -2.42. The average Bonchev–Trinajstić information content (AvgIpc) is 3.25. The van der Waals surface area contributed by atoms with Crippen LogP contribution in [0, 0.1) is 13.8 Å². The van der Waals surface area contributed by atoms with Crippen molar-refractivity contribution >= 4 is 34.4 Å². The maximum Gasteiger partial charge on any atom is 0.319 e. The maximum absolute atomic E-state index is 12.3. The van der Waals surface area contributed by atoms with Gasteiger partial charge in [0, 0.05) is 16.1 Å². The van der Waals surface area contributed by atoms with E-state index in [9.17, 15) is 9.90 Å². The summed E-state index contributed by atoms with van der Waals surface area (Å²) >= 11 is 2.99. The SMILES string of the molecule is Cc1cc(C)cc(NC(=O)NCC(O)(c2ccsc2)c2cccs2)c1. The summed E-state index contributed by atoms with van der Waals surface area (Å²) in [6, 6.07) is 11.2. The number of hydrogen-bond donors (Lipinski definition) is 3. The quantitative estimate of drug-likeness (QED) is 0.618. The Morgan fingerprint density at radius 2 is 1.92 bits per heavy atom. The molecule has 0 saturated heterocycles. The van der Waals surface area contributed by atoms with Gasteiger partial charge in [-0.05, 0) is 65.4 Å².